The smallest absolute Gasteiger partial charge is 0 e. The van der Waals surface area contributed by atoms with E-state index in [0.717, 1.165) is 11.1 Å². The minimum Gasteiger partial charge on any atom is 0 e. The summed E-state index contributed by atoms with van der Waals surface area (Å²) in [5.74, 6) is 5.02. The van der Waals surface area contributed by atoms with E-state index in [9.17, 15) is 0 Å². The van der Waals surface area contributed by atoms with Gasteiger partial charge in [-0.15, -0.1) is 12.8 Å². The molecule has 3 nitrogen and oxygen atoms in total. The van der Waals surface area contributed by atoms with Gasteiger partial charge in [-0.3, -0.25) is 0 Å². The van der Waals surface area contributed by atoms with Crippen molar-refractivity contribution in [2.75, 3.05) is 0 Å². The zero-order valence-electron chi connectivity index (χ0n) is 8.60. The van der Waals surface area contributed by atoms with E-state index in [-0.39, 0.29) is 17.4 Å². The van der Waals surface area contributed by atoms with Crippen molar-refractivity contribution in [3.05, 3.63) is 55.3 Å². The standard InChI is InChI=1S/C10H6.3CO.Cr/c1-3-9-5-7-10(4-2)8-6-9;3*1-2;/h1-2,5-8H;;;;. The number of terminal acetylenes is 2. The fourth-order valence-corrected chi connectivity index (χ4v) is 0.663. The summed E-state index contributed by atoms with van der Waals surface area (Å²) in [5, 5.41) is 0. The summed E-state index contributed by atoms with van der Waals surface area (Å²) >= 11 is 0. The Morgan fingerprint density at radius 1 is 0.706 bits per heavy atom. The third-order valence-electron chi connectivity index (χ3n) is 1.22. The number of hydrogen-bond donors (Lipinski definition) is 0. The van der Waals surface area contributed by atoms with E-state index in [0.29, 0.717) is 0 Å². The average Bonchev–Trinajstić information content (AvgIpc) is 2.45. The molecule has 0 N–H and O–H groups in total. The molecule has 0 fully saturated rings. The van der Waals surface area contributed by atoms with Crippen LogP contribution in [0.3, 0.4) is 0 Å². The molecule has 17 heavy (non-hydrogen) atoms. The van der Waals surface area contributed by atoms with Gasteiger partial charge in [0.05, 0.1) is 0 Å². The fourth-order valence-electron chi connectivity index (χ4n) is 0.663. The second-order valence-corrected chi connectivity index (χ2v) is 1.87. The van der Waals surface area contributed by atoms with Crippen molar-refractivity contribution in [2.45, 2.75) is 0 Å². The quantitative estimate of drug-likeness (QED) is 0.387. The van der Waals surface area contributed by atoms with Gasteiger partial charge in [0, 0.05) is 28.5 Å². The van der Waals surface area contributed by atoms with E-state index in [2.05, 4.69) is 31.8 Å². The maximum absolute atomic E-state index is 7.50. The molecule has 0 bridgehead atoms. The van der Waals surface area contributed by atoms with Crippen LogP contribution in [-0.2, 0) is 31.3 Å². The van der Waals surface area contributed by atoms with Crippen molar-refractivity contribution in [2.24, 2.45) is 0 Å². The summed E-state index contributed by atoms with van der Waals surface area (Å²) in [6.07, 6.45) is 10.3. The third-order valence-corrected chi connectivity index (χ3v) is 1.22. The van der Waals surface area contributed by atoms with Crippen molar-refractivity contribution in [1.29, 1.82) is 0 Å². The molecule has 0 heterocycles. The molecule has 0 aliphatic carbocycles. The Hall–Kier alpha value is -1.91. The van der Waals surface area contributed by atoms with Gasteiger partial charge in [0.25, 0.3) is 0 Å². The predicted octanol–water partition coefficient (Wildman–Crippen LogP) is 1.53. The van der Waals surface area contributed by atoms with Crippen LogP contribution in [0.1, 0.15) is 11.1 Å². The molecule has 0 spiro atoms. The van der Waals surface area contributed by atoms with Crippen LogP contribution in [0.4, 0.5) is 0 Å². The zero-order chi connectivity index (χ0) is 13.4. The maximum Gasteiger partial charge on any atom is 0 e. The van der Waals surface area contributed by atoms with Crippen LogP contribution in [0.15, 0.2) is 24.3 Å². The molecule has 0 atom stereocenters. The molecule has 0 aromatic heterocycles. The van der Waals surface area contributed by atoms with Crippen molar-refractivity contribution in [3.8, 4) is 24.7 Å². The van der Waals surface area contributed by atoms with E-state index in [1.54, 1.807) is 0 Å². The molecule has 1 aromatic rings. The van der Waals surface area contributed by atoms with E-state index in [1.165, 1.54) is 0 Å². The Labute approximate surface area is 112 Å². The molecule has 4 heteroatoms. The molecular weight excluding hydrogens is 256 g/mol. The second-order valence-electron chi connectivity index (χ2n) is 1.87. The first kappa shape index (κ1) is 24.4. The Kier molecular flexibility index (Phi) is 34.0. The molecule has 0 amide bonds. The number of benzene rings is 1. The van der Waals surface area contributed by atoms with E-state index >= 15 is 0 Å². The fraction of sp³-hybridized carbons (Fsp3) is 0. The third kappa shape index (κ3) is 14.1. The van der Waals surface area contributed by atoms with Crippen LogP contribution in [0.5, 0.6) is 0 Å². The Bertz CT molecular complexity index is 366. The Morgan fingerprint density at radius 3 is 1.00 bits per heavy atom. The first-order valence-corrected chi connectivity index (χ1v) is 3.51. The molecule has 0 aliphatic heterocycles. The largest absolute Gasteiger partial charge is 0 e. The number of rotatable bonds is 0. The van der Waals surface area contributed by atoms with Crippen LogP contribution in [0.2, 0.25) is 0 Å². The molecule has 82 valence electrons. The predicted molar refractivity (Wildman–Crippen MR) is 54.1 cm³/mol. The van der Waals surface area contributed by atoms with Crippen molar-refractivity contribution in [3.63, 3.8) is 0 Å². The van der Waals surface area contributed by atoms with Gasteiger partial charge in [0.1, 0.15) is 0 Å². The van der Waals surface area contributed by atoms with Crippen molar-refractivity contribution >= 4 is 0 Å². The van der Waals surface area contributed by atoms with Crippen LogP contribution >= 0.6 is 0 Å². The first-order chi connectivity index (χ1) is 7.86. The molecule has 0 aliphatic rings. The van der Waals surface area contributed by atoms with Crippen LogP contribution in [0, 0.1) is 44.6 Å². The number of hydrogen-bond acceptors (Lipinski definition) is 0. The van der Waals surface area contributed by atoms with E-state index in [4.69, 9.17) is 26.8 Å². The van der Waals surface area contributed by atoms with Gasteiger partial charge in [0.2, 0.25) is 0 Å². The second kappa shape index (κ2) is 23.7. The van der Waals surface area contributed by atoms with Crippen molar-refractivity contribution < 1.29 is 31.3 Å². The first-order valence-electron chi connectivity index (χ1n) is 3.51. The monoisotopic (exact) mass is 262 g/mol. The van der Waals surface area contributed by atoms with Crippen LogP contribution in [-0.4, -0.2) is 0 Å². The Morgan fingerprint density at radius 2 is 0.882 bits per heavy atom. The molecule has 1 aromatic carbocycles. The molecule has 0 saturated carbocycles. The summed E-state index contributed by atoms with van der Waals surface area (Å²) < 4.78 is 22.5. The SMILES string of the molecule is C#Cc1ccc(C#C)cc1.[C-]#[O+].[C-]#[O+].[C-]#[O+].[Cr]. The zero-order valence-corrected chi connectivity index (χ0v) is 9.87. The molecule has 0 unspecified atom stereocenters. The summed E-state index contributed by atoms with van der Waals surface area (Å²) in [4.78, 5) is 0. The van der Waals surface area contributed by atoms with Gasteiger partial charge in [0.15, 0.2) is 0 Å². The summed E-state index contributed by atoms with van der Waals surface area (Å²) in [5.41, 5.74) is 1.72. The van der Waals surface area contributed by atoms with Gasteiger partial charge >= 0.3 is 33.9 Å². The topological polar surface area (TPSA) is 59.7 Å². The van der Waals surface area contributed by atoms with Gasteiger partial charge in [-0.05, 0) is 24.3 Å². The summed E-state index contributed by atoms with van der Waals surface area (Å²) in [6, 6.07) is 7.31. The molecule has 0 radical (unpaired) electrons. The van der Waals surface area contributed by atoms with E-state index in [1.807, 2.05) is 24.3 Å². The minimum atomic E-state index is 0. The van der Waals surface area contributed by atoms with Crippen molar-refractivity contribution in [1.82, 2.24) is 0 Å². The Balaban J connectivity index is -0.000000106. The molecule has 0 saturated heterocycles. The summed E-state index contributed by atoms with van der Waals surface area (Å²) in [7, 11) is 0. The van der Waals surface area contributed by atoms with Gasteiger partial charge in [-0.2, -0.15) is 0 Å². The van der Waals surface area contributed by atoms with Crippen LogP contribution in [0.25, 0.3) is 0 Å². The van der Waals surface area contributed by atoms with Gasteiger partial charge in [-0.1, -0.05) is 11.8 Å². The minimum absolute atomic E-state index is 0. The van der Waals surface area contributed by atoms with Gasteiger partial charge < -0.3 is 0 Å². The average molecular weight is 262 g/mol. The van der Waals surface area contributed by atoms with Crippen LogP contribution < -0.4 is 0 Å². The van der Waals surface area contributed by atoms with E-state index < -0.39 is 0 Å². The van der Waals surface area contributed by atoms with Gasteiger partial charge in [-0.25, -0.2) is 0 Å². The maximum atomic E-state index is 7.50. The summed E-state index contributed by atoms with van der Waals surface area (Å²) in [6.45, 7) is 13.5. The molecule has 1 rings (SSSR count). The molecular formula is C13H6CrO3. The normalized spacial score (nSPS) is 4.94.